The lowest BCUT2D eigenvalue weighted by molar-refractivity contribution is 0.326. The van der Waals surface area contributed by atoms with Crippen molar-refractivity contribution in [3.8, 4) is 5.88 Å². The lowest BCUT2D eigenvalue weighted by Crippen LogP contribution is -2.27. The zero-order chi connectivity index (χ0) is 15.4. The van der Waals surface area contributed by atoms with Crippen LogP contribution in [-0.2, 0) is 0 Å². The summed E-state index contributed by atoms with van der Waals surface area (Å²) in [5.74, 6) is 1.38. The number of hydrogen-bond acceptors (Lipinski definition) is 6. The van der Waals surface area contributed by atoms with Crippen LogP contribution in [0.2, 0.25) is 0 Å². The zero-order valence-electron chi connectivity index (χ0n) is 12.4. The van der Waals surface area contributed by atoms with Gasteiger partial charge in [0.15, 0.2) is 11.6 Å². The van der Waals surface area contributed by atoms with Gasteiger partial charge in [0.25, 0.3) is 0 Å². The molecule has 0 bridgehead atoms. The smallest absolute Gasteiger partial charge is 0.218 e. The second kappa shape index (κ2) is 6.55. The van der Waals surface area contributed by atoms with Gasteiger partial charge in [-0.05, 0) is 25.5 Å². The number of nitrogens with zero attached hydrogens (tertiary/aromatic N) is 4. The van der Waals surface area contributed by atoms with Crippen molar-refractivity contribution in [1.29, 1.82) is 0 Å². The predicted molar refractivity (Wildman–Crippen MR) is 81.6 cm³/mol. The van der Waals surface area contributed by atoms with Crippen molar-refractivity contribution in [3.05, 3.63) is 36.5 Å². The van der Waals surface area contributed by atoms with Crippen LogP contribution in [0.4, 0.5) is 16.0 Å². The Bertz CT molecular complexity index is 639. The minimum Gasteiger partial charge on any atom is -0.478 e. The summed E-state index contributed by atoms with van der Waals surface area (Å²) in [5, 5.41) is 3.34. The third-order valence-corrected chi connectivity index (χ3v) is 3.51. The van der Waals surface area contributed by atoms with Crippen LogP contribution in [-0.4, -0.2) is 40.7 Å². The number of hydrogen-bond donors (Lipinski definition) is 1. The lowest BCUT2D eigenvalue weighted by atomic mass is 10.2. The van der Waals surface area contributed by atoms with Crippen LogP contribution in [0.1, 0.15) is 13.3 Å². The number of nitrogens with one attached hydrogen (secondary N) is 1. The molecule has 0 radical (unpaired) electrons. The first-order chi connectivity index (χ1) is 10.8. The van der Waals surface area contributed by atoms with Crippen LogP contribution in [0.5, 0.6) is 5.88 Å². The Balaban J connectivity index is 1.64. The van der Waals surface area contributed by atoms with E-state index < -0.39 is 0 Å². The van der Waals surface area contributed by atoms with Gasteiger partial charge in [-0.2, -0.15) is 0 Å². The summed E-state index contributed by atoms with van der Waals surface area (Å²) in [6, 6.07) is 4.99. The van der Waals surface area contributed by atoms with Crippen molar-refractivity contribution >= 4 is 11.6 Å². The molecule has 2 aromatic rings. The van der Waals surface area contributed by atoms with E-state index in [4.69, 9.17) is 4.74 Å². The average molecular weight is 303 g/mol. The van der Waals surface area contributed by atoms with E-state index in [0.29, 0.717) is 30.7 Å². The van der Waals surface area contributed by atoms with E-state index in [2.05, 4.69) is 20.3 Å². The fourth-order valence-electron chi connectivity index (χ4n) is 2.53. The first kappa shape index (κ1) is 14.5. The van der Waals surface area contributed by atoms with Gasteiger partial charge in [-0.15, -0.1) is 0 Å². The molecule has 3 heterocycles. The Labute approximate surface area is 128 Å². The van der Waals surface area contributed by atoms with Crippen LogP contribution in [0.3, 0.4) is 0 Å². The quantitative estimate of drug-likeness (QED) is 0.912. The minimum absolute atomic E-state index is 0.186. The molecule has 7 heteroatoms. The standard InChI is InChI=1S/C15H18FN5O/c1-2-22-14-8-13(18-10-19-14)20-11-5-7-21(9-11)15-12(16)4-3-6-17-15/h3-4,6,8,10-11H,2,5,7,9H2,1H3,(H,18,19,20). The molecule has 1 fully saturated rings. The molecule has 0 aromatic carbocycles. The van der Waals surface area contributed by atoms with Crippen molar-refractivity contribution < 1.29 is 9.13 Å². The van der Waals surface area contributed by atoms with E-state index in [1.165, 1.54) is 12.4 Å². The van der Waals surface area contributed by atoms with E-state index in [1.807, 2.05) is 11.8 Å². The predicted octanol–water partition coefficient (Wildman–Crippen LogP) is 2.10. The molecule has 1 aliphatic rings. The van der Waals surface area contributed by atoms with Crippen molar-refractivity contribution in [2.24, 2.45) is 0 Å². The fraction of sp³-hybridized carbons (Fsp3) is 0.400. The first-order valence-electron chi connectivity index (χ1n) is 7.33. The van der Waals surface area contributed by atoms with Crippen LogP contribution in [0.15, 0.2) is 30.7 Å². The molecule has 0 saturated carbocycles. The third-order valence-electron chi connectivity index (χ3n) is 3.51. The zero-order valence-corrected chi connectivity index (χ0v) is 12.4. The minimum atomic E-state index is -0.288. The summed E-state index contributed by atoms with van der Waals surface area (Å²) in [7, 11) is 0. The van der Waals surface area contributed by atoms with Gasteiger partial charge < -0.3 is 15.0 Å². The molecule has 3 rings (SSSR count). The van der Waals surface area contributed by atoms with Gasteiger partial charge in [-0.25, -0.2) is 19.3 Å². The van der Waals surface area contributed by atoms with E-state index in [0.717, 1.165) is 13.0 Å². The molecule has 1 N–H and O–H groups in total. The monoisotopic (exact) mass is 303 g/mol. The maximum Gasteiger partial charge on any atom is 0.218 e. The van der Waals surface area contributed by atoms with E-state index >= 15 is 0 Å². The van der Waals surface area contributed by atoms with Gasteiger partial charge in [0.05, 0.1) is 6.61 Å². The Hall–Kier alpha value is -2.44. The highest BCUT2D eigenvalue weighted by Gasteiger charge is 2.25. The summed E-state index contributed by atoms with van der Waals surface area (Å²) in [5.41, 5.74) is 0. The molecule has 0 spiro atoms. The van der Waals surface area contributed by atoms with Gasteiger partial charge in [-0.1, -0.05) is 0 Å². The summed E-state index contributed by atoms with van der Waals surface area (Å²) in [6.45, 7) is 3.91. The summed E-state index contributed by atoms with van der Waals surface area (Å²) in [6.07, 6.45) is 3.97. The molecule has 1 unspecified atom stereocenters. The van der Waals surface area contributed by atoms with Crippen molar-refractivity contribution in [3.63, 3.8) is 0 Å². The summed E-state index contributed by atoms with van der Waals surface area (Å²) < 4.78 is 19.1. The summed E-state index contributed by atoms with van der Waals surface area (Å²) >= 11 is 0. The molecule has 1 atom stereocenters. The molecular weight excluding hydrogens is 285 g/mol. The SMILES string of the molecule is CCOc1cc(NC2CCN(c3ncccc3F)C2)ncn1. The Morgan fingerprint density at radius 3 is 3.14 bits per heavy atom. The first-order valence-corrected chi connectivity index (χ1v) is 7.33. The van der Waals surface area contributed by atoms with Crippen LogP contribution < -0.4 is 15.0 Å². The van der Waals surface area contributed by atoms with Gasteiger partial charge >= 0.3 is 0 Å². The molecule has 1 saturated heterocycles. The van der Waals surface area contributed by atoms with Crippen molar-refractivity contribution in [1.82, 2.24) is 15.0 Å². The molecule has 1 aliphatic heterocycles. The molecule has 0 amide bonds. The third kappa shape index (κ3) is 3.24. The Kier molecular flexibility index (Phi) is 4.32. The number of rotatable bonds is 5. The average Bonchev–Trinajstić information content (AvgIpc) is 2.97. The van der Waals surface area contributed by atoms with Gasteiger partial charge in [0.2, 0.25) is 5.88 Å². The number of aromatic nitrogens is 3. The normalized spacial score (nSPS) is 17.5. The Morgan fingerprint density at radius 2 is 2.32 bits per heavy atom. The molecule has 2 aromatic heterocycles. The largest absolute Gasteiger partial charge is 0.478 e. The van der Waals surface area contributed by atoms with Gasteiger partial charge in [-0.3, -0.25) is 0 Å². The maximum absolute atomic E-state index is 13.8. The molecule has 6 nitrogen and oxygen atoms in total. The number of halogens is 1. The molecule has 116 valence electrons. The number of ether oxygens (including phenoxy) is 1. The molecule has 22 heavy (non-hydrogen) atoms. The maximum atomic E-state index is 13.8. The summed E-state index contributed by atoms with van der Waals surface area (Å²) in [4.78, 5) is 14.3. The number of anilines is 2. The fourth-order valence-corrected chi connectivity index (χ4v) is 2.53. The second-order valence-corrected chi connectivity index (χ2v) is 5.06. The highest BCUT2D eigenvalue weighted by Crippen LogP contribution is 2.23. The van der Waals surface area contributed by atoms with Gasteiger partial charge in [0.1, 0.15) is 12.1 Å². The second-order valence-electron chi connectivity index (χ2n) is 5.06. The number of pyridine rings is 1. The van der Waals surface area contributed by atoms with Gasteiger partial charge in [0, 0.05) is 31.4 Å². The molecule has 0 aliphatic carbocycles. The van der Waals surface area contributed by atoms with Crippen LogP contribution >= 0.6 is 0 Å². The Morgan fingerprint density at radius 1 is 1.41 bits per heavy atom. The topological polar surface area (TPSA) is 63.2 Å². The highest BCUT2D eigenvalue weighted by atomic mass is 19.1. The van der Waals surface area contributed by atoms with E-state index in [1.54, 1.807) is 18.3 Å². The van der Waals surface area contributed by atoms with E-state index in [-0.39, 0.29) is 11.9 Å². The van der Waals surface area contributed by atoms with E-state index in [9.17, 15) is 4.39 Å². The van der Waals surface area contributed by atoms with Crippen molar-refractivity contribution in [2.45, 2.75) is 19.4 Å². The molecular formula is C15H18FN5O. The highest BCUT2D eigenvalue weighted by molar-refractivity contribution is 5.44. The van der Waals surface area contributed by atoms with Crippen LogP contribution in [0.25, 0.3) is 0 Å². The lowest BCUT2D eigenvalue weighted by Gasteiger charge is -2.18. The van der Waals surface area contributed by atoms with Crippen molar-refractivity contribution in [2.75, 3.05) is 29.9 Å². The van der Waals surface area contributed by atoms with Crippen LogP contribution in [0, 0.1) is 5.82 Å².